The van der Waals surface area contributed by atoms with Crippen LogP contribution >= 0.6 is 0 Å². The topological polar surface area (TPSA) is 64.6 Å². The van der Waals surface area contributed by atoms with Gasteiger partial charge < -0.3 is 14.8 Å². The molecule has 0 heterocycles. The highest BCUT2D eigenvalue weighted by Gasteiger charge is 2.15. The van der Waals surface area contributed by atoms with Crippen molar-refractivity contribution in [3.63, 3.8) is 0 Å². The van der Waals surface area contributed by atoms with Crippen molar-refractivity contribution in [1.29, 1.82) is 0 Å². The van der Waals surface area contributed by atoms with Crippen LogP contribution in [-0.4, -0.2) is 37.7 Å². The fourth-order valence-electron chi connectivity index (χ4n) is 2.00. The number of esters is 1. The van der Waals surface area contributed by atoms with E-state index in [1.807, 2.05) is 0 Å². The highest BCUT2D eigenvalue weighted by Crippen LogP contribution is 2.14. The van der Waals surface area contributed by atoms with Gasteiger partial charge in [-0.2, -0.15) is 0 Å². The zero-order valence-corrected chi connectivity index (χ0v) is 14.7. The molecule has 0 saturated heterocycles. The van der Waals surface area contributed by atoms with Crippen LogP contribution in [0.15, 0.2) is 36.9 Å². The molecular weight excluding hydrogens is 306 g/mol. The second-order valence-corrected chi connectivity index (χ2v) is 5.87. The summed E-state index contributed by atoms with van der Waals surface area (Å²) in [6.45, 7) is 9.84. The first-order chi connectivity index (χ1) is 11.4. The van der Waals surface area contributed by atoms with Crippen LogP contribution in [-0.2, 0) is 25.5 Å². The number of nitrogens with one attached hydrogen (secondary N) is 1. The molecule has 5 heteroatoms. The first-order valence-corrected chi connectivity index (χ1v) is 8.18. The quantitative estimate of drug-likeness (QED) is 0.528. The van der Waals surface area contributed by atoms with E-state index in [1.165, 1.54) is 5.56 Å². The average Bonchev–Trinajstić information content (AvgIpc) is 2.57. The number of ether oxygens (including phenoxy) is 2. The van der Waals surface area contributed by atoms with E-state index in [1.54, 1.807) is 13.0 Å². The standard InChI is InChI=1S/C19H27NO4/c1-5-12-23-15(4)19(22)24-13-18(21)20-11-10-16-6-8-17(9-7-16)14(2)3/h5-9,14-15H,1,10-13H2,2-4H3,(H,20,21). The summed E-state index contributed by atoms with van der Waals surface area (Å²) in [5.74, 6) is -0.374. The highest BCUT2D eigenvalue weighted by molar-refractivity contribution is 5.81. The lowest BCUT2D eigenvalue weighted by molar-refractivity contribution is -0.158. The molecule has 0 aliphatic heterocycles. The number of hydrogen-bond acceptors (Lipinski definition) is 4. The van der Waals surface area contributed by atoms with Gasteiger partial charge in [0, 0.05) is 6.54 Å². The monoisotopic (exact) mass is 333 g/mol. The lowest BCUT2D eigenvalue weighted by atomic mass is 10.0. The van der Waals surface area contributed by atoms with Gasteiger partial charge in [-0.1, -0.05) is 44.2 Å². The van der Waals surface area contributed by atoms with Crippen LogP contribution in [0.1, 0.15) is 37.8 Å². The molecular formula is C19H27NO4. The maximum Gasteiger partial charge on any atom is 0.335 e. The molecule has 1 aromatic rings. The normalized spacial score (nSPS) is 11.8. The molecule has 1 atom stereocenters. The van der Waals surface area contributed by atoms with Crippen LogP contribution in [0.3, 0.4) is 0 Å². The van der Waals surface area contributed by atoms with E-state index >= 15 is 0 Å². The Balaban J connectivity index is 2.24. The molecule has 132 valence electrons. The molecule has 1 N–H and O–H groups in total. The molecule has 0 radical (unpaired) electrons. The lowest BCUT2D eigenvalue weighted by Crippen LogP contribution is -2.33. The molecule has 0 fully saturated rings. The summed E-state index contributed by atoms with van der Waals surface area (Å²) in [4.78, 5) is 23.2. The van der Waals surface area contributed by atoms with Gasteiger partial charge in [0.2, 0.25) is 0 Å². The van der Waals surface area contributed by atoms with Crippen LogP contribution in [0.4, 0.5) is 0 Å². The zero-order valence-electron chi connectivity index (χ0n) is 14.7. The minimum atomic E-state index is -0.713. The third-order valence-corrected chi connectivity index (χ3v) is 3.52. The predicted octanol–water partition coefficient (Wildman–Crippen LogP) is 2.60. The summed E-state index contributed by atoms with van der Waals surface area (Å²) in [7, 11) is 0. The van der Waals surface area contributed by atoms with Gasteiger partial charge in [0.1, 0.15) is 0 Å². The Morgan fingerprint density at radius 2 is 1.88 bits per heavy atom. The number of benzene rings is 1. The fourth-order valence-corrected chi connectivity index (χ4v) is 2.00. The van der Waals surface area contributed by atoms with Crippen LogP contribution in [0.25, 0.3) is 0 Å². The van der Waals surface area contributed by atoms with Crippen LogP contribution in [0.5, 0.6) is 0 Å². The van der Waals surface area contributed by atoms with Gasteiger partial charge in [-0.25, -0.2) is 4.79 Å². The fraction of sp³-hybridized carbons (Fsp3) is 0.474. The number of carbonyl (C=O) groups excluding carboxylic acids is 2. The first-order valence-electron chi connectivity index (χ1n) is 8.18. The Bertz CT molecular complexity index is 537. The third-order valence-electron chi connectivity index (χ3n) is 3.52. The van der Waals surface area contributed by atoms with Gasteiger partial charge in [0.25, 0.3) is 5.91 Å². The first kappa shape index (κ1) is 19.9. The van der Waals surface area contributed by atoms with Crippen LogP contribution < -0.4 is 5.32 Å². The molecule has 1 unspecified atom stereocenters. The number of rotatable bonds is 10. The van der Waals surface area contributed by atoms with E-state index in [0.29, 0.717) is 12.5 Å². The maximum atomic E-state index is 11.7. The molecule has 1 rings (SSSR count). The van der Waals surface area contributed by atoms with Crippen molar-refractivity contribution in [3.05, 3.63) is 48.0 Å². The molecule has 0 saturated carbocycles. The molecule has 0 spiro atoms. The van der Waals surface area contributed by atoms with Gasteiger partial charge in [-0.05, 0) is 30.4 Å². The van der Waals surface area contributed by atoms with Crippen molar-refractivity contribution in [2.45, 2.75) is 39.2 Å². The number of hydrogen-bond donors (Lipinski definition) is 1. The Hall–Kier alpha value is -2.14. The summed E-state index contributed by atoms with van der Waals surface area (Å²) in [5.41, 5.74) is 2.45. The number of carbonyl (C=O) groups is 2. The van der Waals surface area contributed by atoms with E-state index in [9.17, 15) is 9.59 Å². The van der Waals surface area contributed by atoms with Crippen molar-refractivity contribution in [1.82, 2.24) is 5.32 Å². The minimum Gasteiger partial charge on any atom is -0.454 e. The Kier molecular flexibility index (Phi) is 8.79. The Labute approximate surface area is 144 Å². The molecule has 1 amide bonds. The van der Waals surface area contributed by atoms with Gasteiger partial charge in [-0.15, -0.1) is 6.58 Å². The van der Waals surface area contributed by atoms with Gasteiger partial charge >= 0.3 is 5.97 Å². The molecule has 0 aliphatic carbocycles. The van der Waals surface area contributed by atoms with E-state index in [2.05, 4.69) is 50.0 Å². The van der Waals surface area contributed by atoms with Crippen molar-refractivity contribution in [2.75, 3.05) is 19.8 Å². The average molecular weight is 333 g/mol. The van der Waals surface area contributed by atoms with Crippen LogP contribution in [0.2, 0.25) is 0 Å². The van der Waals surface area contributed by atoms with Crippen molar-refractivity contribution in [3.8, 4) is 0 Å². The summed E-state index contributed by atoms with van der Waals surface area (Å²) >= 11 is 0. The van der Waals surface area contributed by atoms with Crippen molar-refractivity contribution < 1.29 is 19.1 Å². The predicted molar refractivity (Wildman–Crippen MR) is 93.8 cm³/mol. The van der Waals surface area contributed by atoms with Crippen molar-refractivity contribution >= 4 is 11.9 Å². The summed E-state index contributed by atoms with van der Waals surface area (Å²) in [6.07, 6.45) is 1.57. The summed E-state index contributed by atoms with van der Waals surface area (Å²) in [6, 6.07) is 8.35. The molecule has 0 aromatic heterocycles. The van der Waals surface area contributed by atoms with Gasteiger partial charge in [-0.3, -0.25) is 4.79 Å². The van der Waals surface area contributed by atoms with E-state index in [-0.39, 0.29) is 19.1 Å². The second-order valence-electron chi connectivity index (χ2n) is 5.87. The van der Waals surface area contributed by atoms with Gasteiger partial charge in [0.05, 0.1) is 6.61 Å². The van der Waals surface area contributed by atoms with Crippen LogP contribution in [0, 0.1) is 0 Å². The largest absolute Gasteiger partial charge is 0.454 e. The lowest BCUT2D eigenvalue weighted by Gasteiger charge is -2.11. The minimum absolute atomic E-state index is 0.262. The Morgan fingerprint density at radius 1 is 1.21 bits per heavy atom. The molecule has 24 heavy (non-hydrogen) atoms. The smallest absolute Gasteiger partial charge is 0.335 e. The maximum absolute atomic E-state index is 11.7. The van der Waals surface area contributed by atoms with E-state index in [0.717, 1.165) is 12.0 Å². The third kappa shape index (κ3) is 7.42. The van der Waals surface area contributed by atoms with E-state index < -0.39 is 12.1 Å². The SMILES string of the molecule is C=CCOC(C)C(=O)OCC(=O)NCCc1ccc(C(C)C)cc1. The molecule has 0 bridgehead atoms. The molecule has 0 aliphatic rings. The van der Waals surface area contributed by atoms with Gasteiger partial charge in [0.15, 0.2) is 12.7 Å². The van der Waals surface area contributed by atoms with Crippen molar-refractivity contribution in [2.24, 2.45) is 0 Å². The summed E-state index contributed by atoms with van der Waals surface area (Å²) in [5, 5.41) is 2.73. The second kappa shape index (κ2) is 10.6. The molecule has 1 aromatic carbocycles. The summed E-state index contributed by atoms with van der Waals surface area (Å²) < 4.78 is 10.0. The Morgan fingerprint density at radius 3 is 2.46 bits per heavy atom. The highest BCUT2D eigenvalue weighted by atomic mass is 16.6. The van der Waals surface area contributed by atoms with E-state index in [4.69, 9.17) is 9.47 Å². The number of amides is 1. The zero-order chi connectivity index (χ0) is 17.9. The molecule has 5 nitrogen and oxygen atoms in total.